The molecule has 3 aromatic rings. The monoisotopic (exact) mass is 408 g/mol. The molecule has 4 N–H and O–H groups in total. The summed E-state index contributed by atoms with van der Waals surface area (Å²) >= 11 is 0. The molecule has 8 heteroatoms. The number of cyclic esters (lactones) is 1. The first-order valence-corrected chi connectivity index (χ1v) is 9.64. The molecule has 1 fully saturated rings. The van der Waals surface area contributed by atoms with Crippen LogP contribution in [0.5, 0.6) is 5.75 Å². The molecule has 2 aliphatic rings. The number of aliphatic hydroxyl groups is 2. The van der Waals surface area contributed by atoms with Gasteiger partial charge in [-0.3, -0.25) is 14.5 Å². The number of para-hydroxylation sites is 1. The molecule has 2 aromatic carbocycles. The first-order chi connectivity index (χ1) is 14.5. The van der Waals surface area contributed by atoms with Crippen LogP contribution >= 0.6 is 0 Å². The number of aromatic nitrogens is 1. The number of carbonyl (C=O) groups is 2. The van der Waals surface area contributed by atoms with Crippen LogP contribution in [0.15, 0.2) is 48.7 Å². The fourth-order valence-corrected chi connectivity index (χ4v) is 5.09. The molecule has 1 saturated heterocycles. The summed E-state index contributed by atoms with van der Waals surface area (Å²) < 4.78 is 5.48. The third-order valence-electron chi connectivity index (χ3n) is 6.27. The number of hydrogen-bond acceptors (Lipinski definition) is 6. The van der Waals surface area contributed by atoms with Crippen LogP contribution in [-0.2, 0) is 19.7 Å². The zero-order valence-corrected chi connectivity index (χ0v) is 15.9. The second-order valence-corrected chi connectivity index (χ2v) is 7.70. The van der Waals surface area contributed by atoms with Crippen molar-refractivity contribution in [1.29, 1.82) is 0 Å². The number of phenolic OH excluding ortho intramolecular Hbond substituents is 1. The molecule has 0 saturated carbocycles. The van der Waals surface area contributed by atoms with E-state index in [1.165, 1.54) is 12.1 Å². The highest BCUT2D eigenvalue weighted by Crippen LogP contribution is 2.56. The predicted octanol–water partition coefficient (Wildman–Crippen LogP) is 1.50. The van der Waals surface area contributed by atoms with E-state index < -0.39 is 42.7 Å². The Morgan fingerprint density at radius 1 is 1.17 bits per heavy atom. The van der Waals surface area contributed by atoms with Crippen LogP contribution in [0, 0.1) is 0 Å². The van der Waals surface area contributed by atoms with E-state index in [4.69, 9.17) is 4.74 Å². The minimum atomic E-state index is -1.38. The maximum absolute atomic E-state index is 13.7. The molecule has 1 amide bonds. The summed E-state index contributed by atoms with van der Waals surface area (Å²) in [6.45, 7) is -1.06. The van der Waals surface area contributed by atoms with Gasteiger partial charge in [-0.05, 0) is 23.3 Å². The number of esters is 1. The number of nitrogens with zero attached hydrogens (tertiary/aromatic N) is 1. The van der Waals surface area contributed by atoms with Gasteiger partial charge in [0, 0.05) is 29.1 Å². The highest BCUT2D eigenvalue weighted by Gasteiger charge is 2.62. The first-order valence-electron chi connectivity index (χ1n) is 9.64. The Kier molecular flexibility index (Phi) is 4.09. The molecule has 3 heterocycles. The number of amides is 1. The van der Waals surface area contributed by atoms with Gasteiger partial charge in [0.25, 0.3) is 0 Å². The number of aliphatic hydroxyl groups excluding tert-OH is 2. The molecule has 8 nitrogen and oxygen atoms in total. The van der Waals surface area contributed by atoms with Crippen LogP contribution in [0.1, 0.15) is 23.5 Å². The minimum Gasteiger partial charge on any atom is -0.508 e. The number of anilines is 1. The number of phenols is 1. The molecule has 154 valence electrons. The zero-order chi connectivity index (χ0) is 21.0. The van der Waals surface area contributed by atoms with Crippen molar-refractivity contribution >= 4 is 28.5 Å². The molecule has 0 bridgehead atoms. The van der Waals surface area contributed by atoms with Gasteiger partial charge in [0.05, 0.1) is 24.1 Å². The highest BCUT2D eigenvalue weighted by atomic mass is 16.6. The molecule has 30 heavy (non-hydrogen) atoms. The van der Waals surface area contributed by atoms with E-state index in [1.807, 2.05) is 24.3 Å². The topological polar surface area (TPSA) is 123 Å². The van der Waals surface area contributed by atoms with Gasteiger partial charge in [-0.15, -0.1) is 0 Å². The van der Waals surface area contributed by atoms with E-state index >= 15 is 0 Å². The maximum atomic E-state index is 13.7. The van der Waals surface area contributed by atoms with Gasteiger partial charge in [0.15, 0.2) is 0 Å². The zero-order valence-electron chi connectivity index (χ0n) is 15.9. The summed E-state index contributed by atoms with van der Waals surface area (Å²) in [5, 5.41) is 30.8. The van der Waals surface area contributed by atoms with Gasteiger partial charge in [-0.2, -0.15) is 0 Å². The summed E-state index contributed by atoms with van der Waals surface area (Å²) in [7, 11) is 0. The Morgan fingerprint density at radius 3 is 2.73 bits per heavy atom. The molecule has 1 spiro atoms. The second kappa shape index (κ2) is 6.58. The van der Waals surface area contributed by atoms with Crippen molar-refractivity contribution in [3.63, 3.8) is 0 Å². The van der Waals surface area contributed by atoms with E-state index in [0.29, 0.717) is 11.3 Å². The van der Waals surface area contributed by atoms with Crippen molar-refractivity contribution in [2.45, 2.75) is 23.9 Å². The Balaban J connectivity index is 1.82. The number of carbonyl (C=O) groups excluding carboxylic acids is 2. The van der Waals surface area contributed by atoms with E-state index in [2.05, 4.69) is 4.98 Å². The SMILES string of the molecule is O=C1CC2(C(=O)N(CO)c3cc(O)ccc32)C(c2c[nH]c3ccccc23)C(CO)O1. The number of nitrogens with one attached hydrogen (secondary N) is 1. The van der Waals surface area contributed by atoms with Gasteiger partial charge in [-0.1, -0.05) is 24.3 Å². The number of hydrogen-bond donors (Lipinski definition) is 4. The van der Waals surface area contributed by atoms with Gasteiger partial charge in [-0.25, -0.2) is 0 Å². The van der Waals surface area contributed by atoms with Crippen LogP contribution in [-0.4, -0.2) is 51.6 Å². The number of aromatic amines is 1. The number of ether oxygens (including phenoxy) is 1. The molecule has 5 rings (SSSR count). The Hall–Kier alpha value is -3.36. The summed E-state index contributed by atoms with van der Waals surface area (Å²) in [5.74, 6) is -1.81. The number of aromatic hydroxyl groups is 1. The molecule has 0 radical (unpaired) electrons. The highest BCUT2D eigenvalue weighted by molar-refractivity contribution is 6.11. The van der Waals surface area contributed by atoms with Crippen molar-refractivity contribution in [3.8, 4) is 5.75 Å². The van der Waals surface area contributed by atoms with Gasteiger partial charge >= 0.3 is 5.97 Å². The molecule has 0 aliphatic carbocycles. The van der Waals surface area contributed by atoms with Crippen molar-refractivity contribution < 1.29 is 29.6 Å². The number of H-pyrrole nitrogens is 1. The Labute approximate surface area is 171 Å². The lowest BCUT2D eigenvalue weighted by molar-refractivity contribution is -0.166. The van der Waals surface area contributed by atoms with Crippen LogP contribution in [0.3, 0.4) is 0 Å². The summed E-state index contributed by atoms with van der Waals surface area (Å²) in [4.78, 5) is 30.6. The largest absolute Gasteiger partial charge is 0.508 e. The van der Waals surface area contributed by atoms with Gasteiger partial charge in [0.2, 0.25) is 5.91 Å². The van der Waals surface area contributed by atoms with Gasteiger partial charge in [0.1, 0.15) is 18.6 Å². The van der Waals surface area contributed by atoms with E-state index in [9.17, 15) is 24.9 Å². The van der Waals surface area contributed by atoms with Crippen LogP contribution in [0.4, 0.5) is 5.69 Å². The third-order valence-corrected chi connectivity index (χ3v) is 6.27. The fraction of sp³-hybridized carbons (Fsp3) is 0.273. The number of benzene rings is 2. The normalized spacial score (nSPS) is 25.7. The molecule has 3 unspecified atom stereocenters. The summed E-state index contributed by atoms with van der Waals surface area (Å²) in [5.41, 5.74) is 1.08. The molecular formula is C22H20N2O6. The number of fused-ring (bicyclic) bond motifs is 3. The van der Waals surface area contributed by atoms with Crippen molar-refractivity contribution in [2.24, 2.45) is 0 Å². The average Bonchev–Trinajstić information content (AvgIpc) is 3.25. The third kappa shape index (κ3) is 2.34. The lowest BCUT2D eigenvalue weighted by Gasteiger charge is -2.43. The Bertz CT molecular complexity index is 1170. The summed E-state index contributed by atoms with van der Waals surface area (Å²) in [6.07, 6.45) is 0.587. The van der Waals surface area contributed by atoms with Crippen molar-refractivity contribution in [3.05, 3.63) is 59.8 Å². The fourth-order valence-electron chi connectivity index (χ4n) is 5.09. The Morgan fingerprint density at radius 2 is 1.97 bits per heavy atom. The van der Waals surface area contributed by atoms with E-state index in [0.717, 1.165) is 21.4 Å². The van der Waals surface area contributed by atoms with E-state index in [-0.39, 0.29) is 12.2 Å². The number of rotatable bonds is 3. The minimum absolute atomic E-state index is 0.0576. The van der Waals surface area contributed by atoms with E-state index in [1.54, 1.807) is 12.3 Å². The molecule has 3 atom stereocenters. The van der Waals surface area contributed by atoms with Crippen LogP contribution in [0.25, 0.3) is 10.9 Å². The lowest BCUT2D eigenvalue weighted by Crippen LogP contribution is -2.55. The smallest absolute Gasteiger partial charge is 0.307 e. The van der Waals surface area contributed by atoms with Crippen LogP contribution < -0.4 is 4.90 Å². The maximum Gasteiger partial charge on any atom is 0.307 e. The standard InChI is InChI=1S/C22H20N2O6/c25-10-18-20(14-9-23-16-4-2-1-3-13(14)16)22(8-19(28)30-18)15-6-5-12(27)7-17(15)24(11-26)21(22)29/h1-7,9,18,20,23,25-27H,8,10-11H2. The van der Waals surface area contributed by atoms with Crippen LogP contribution in [0.2, 0.25) is 0 Å². The van der Waals surface area contributed by atoms with Crippen molar-refractivity contribution in [1.82, 2.24) is 4.98 Å². The second-order valence-electron chi connectivity index (χ2n) is 7.70. The lowest BCUT2D eigenvalue weighted by atomic mass is 9.62. The molecule has 2 aliphatic heterocycles. The quantitative estimate of drug-likeness (QED) is 0.487. The predicted molar refractivity (Wildman–Crippen MR) is 107 cm³/mol. The molecular weight excluding hydrogens is 388 g/mol. The first kappa shape index (κ1) is 18.7. The average molecular weight is 408 g/mol. The molecule has 1 aromatic heterocycles. The van der Waals surface area contributed by atoms with Crippen molar-refractivity contribution in [2.75, 3.05) is 18.2 Å². The van der Waals surface area contributed by atoms with Gasteiger partial charge < -0.3 is 25.0 Å². The summed E-state index contributed by atoms with van der Waals surface area (Å²) in [6, 6.07) is 12.0.